The van der Waals surface area contributed by atoms with Gasteiger partial charge in [-0.15, -0.1) is 21.5 Å². The summed E-state index contributed by atoms with van der Waals surface area (Å²) in [5.41, 5.74) is 4.73. The summed E-state index contributed by atoms with van der Waals surface area (Å²) in [4.78, 5) is 31.9. The first kappa shape index (κ1) is 31.7. The van der Waals surface area contributed by atoms with Crippen LogP contribution in [0.25, 0.3) is 27.3 Å². The van der Waals surface area contributed by atoms with E-state index in [4.69, 9.17) is 0 Å². The van der Waals surface area contributed by atoms with Gasteiger partial charge >= 0.3 is 0 Å². The molecule has 0 unspecified atom stereocenters. The predicted octanol–water partition coefficient (Wildman–Crippen LogP) is 7.53. The van der Waals surface area contributed by atoms with E-state index in [-0.39, 0.29) is 23.0 Å². The maximum Gasteiger partial charge on any atom is 0.234 e. The van der Waals surface area contributed by atoms with Gasteiger partial charge in [0.25, 0.3) is 0 Å². The number of nitrogens with one attached hydrogen (secondary N) is 1. The van der Waals surface area contributed by atoms with Crippen molar-refractivity contribution in [3.8, 4) is 17.1 Å². The van der Waals surface area contributed by atoms with E-state index in [2.05, 4.69) is 65.5 Å². The predicted molar refractivity (Wildman–Crippen MR) is 183 cm³/mol. The van der Waals surface area contributed by atoms with Crippen molar-refractivity contribution in [1.29, 1.82) is 0 Å². The van der Waals surface area contributed by atoms with Crippen LogP contribution in [-0.2, 0) is 15.0 Å². The van der Waals surface area contributed by atoms with Crippen LogP contribution in [-0.4, -0.2) is 61.1 Å². The van der Waals surface area contributed by atoms with Gasteiger partial charge in [0, 0.05) is 30.0 Å². The number of carbonyl (C=O) groups is 2. The Hall–Kier alpha value is -3.67. The van der Waals surface area contributed by atoms with E-state index in [9.17, 15) is 9.59 Å². The Morgan fingerprint density at radius 3 is 2.32 bits per heavy atom. The molecule has 2 aromatic heterocycles. The molecule has 2 amide bonds. The van der Waals surface area contributed by atoms with Crippen LogP contribution < -0.4 is 5.32 Å². The number of hydrogen-bond acceptors (Lipinski definition) is 8. The lowest BCUT2D eigenvalue weighted by atomic mass is 9.87. The molecule has 3 aromatic carbocycles. The number of amides is 2. The highest BCUT2D eigenvalue weighted by Crippen LogP contribution is 2.33. The van der Waals surface area contributed by atoms with Gasteiger partial charge in [-0.05, 0) is 55.2 Å². The lowest BCUT2D eigenvalue weighted by molar-refractivity contribution is -0.128. The Morgan fingerprint density at radius 1 is 0.909 bits per heavy atom. The first-order chi connectivity index (χ1) is 21.2. The summed E-state index contributed by atoms with van der Waals surface area (Å²) in [6, 6.07) is 24.0. The summed E-state index contributed by atoms with van der Waals surface area (Å²) in [5.74, 6) is 1.22. The molecule has 0 saturated carbocycles. The molecule has 5 rings (SSSR count). The maximum absolute atomic E-state index is 13.0. The third kappa shape index (κ3) is 7.51. The first-order valence-electron chi connectivity index (χ1n) is 14.5. The van der Waals surface area contributed by atoms with Crippen molar-refractivity contribution >= 4 is 62.6 Å². The molecule has 2 heterocycles. The topological polar surface area (TPSA) is 93.0 Å². The molecule has 1 N–H and O–H groups in total. The molecule has 228 valence electrons. The maximum atomic E-state index is 13.0. The van der Waals surface area contributed by atoms with E-state index in [1.54, 1.807) is 0 Å². The second-order valence-electron chi connectivity index (χ2n) is 11.2. The minimum Gasteiger partial charge on any atom is -0.343 e. The van der Waals surface area contributed by atoms with Crippen LogP contribution >= 0.6 is 34.9 Å². The van der Waals surface area contributed by atoms with Gasteiger partial charge in [0.1, 0.15) is 0 Å². The zero-order valence-electron chi connectivity index (χ0n) is 25.5. The van der Waals surface area contributed by atoms with Crippen LogP contribution in [0.2, 0.25) is 0 Å². The third-order valence-corrected chi connectivity index (χ3v) is 10.2. The van der Waals surface area contributed by atoms with Gasteiger partial charge in [0.15, 0.2) is 15.3 Å². The molecule has 44 heavy (non-hydrogen) atoms. The Balaban J connectivity index is 1.27. The summed E-state index contributed by atoms with van der Waals surface area (Å²) in [6.45, 7) is 12.0. The molecule has 0 spiro atoms. The molecule has 0 atom stereocenters. The number of para-hydroxylation sites is 1. The molecular weight excluding hydrogens is 609 g/mol. The molecule has 0 aliphatic rings. The number of benzene rings is 3. The molecule has 11 heteroatoms. The second-order valence-corrected chi connectivity index (χ2v) is 14.4. The summed E-state index contributed by atoms with van der Waals surface area (Å²) in [7, 11) is 0. The Bertz CT molecular complexity index is 1740. The number of hydrogen-bond donors (Lipinski definition) is 1. The number of nitrogens with zero attached hydrogens (tertiary/aromatic N) is 5. The number of rotatable bonds is 11. The lowest BCUT2D eigenvalue weighted by Gasteiger charge is -2.19. The van der Waals surface area contributed by atoms with Gasteiger partial charge in [-0.2, -0.15) is 0 Å². The Labute approximate surface area is 270 Å². The van der Waals surface area contributed by atoms with E-state index >= 15 is 0 Å². The van der Waals surface area contributed by atoms with E-state index in [1.165, 1.54) is 40.4 Å². The number of aromatic nitrogens is 4. The smallest absolute Gasteiger partial charge is 0.234 e. The summed E-state index contributed by atoms with van der Waals surface area (Å²) in [6.07, 6.45) is 0. The summed E-state index contributed by atoms with van der Waals surface area (Å²) >= 11 is 4.32. The van der Waals surface area contributed by atoms with Crippen molar-refractivity contribution in [2.24, 2.45) is 0 Å². The van der Waals surface area contributed by atoms with Crippen molar-refractivity contribution < 1.29 is 9.59 Å². The molecule has 0 fully saturated rings. The van der Waals surface area contributed by atoms with Crippen LogP contribution in [0.15, 0.2) is 82.3 Å². The fourth-order valence-electron chi connectivity index (χ4n) is 4.64. The van der Waals surface area contributed by atoms with Gasteiger partial charge in [0.2, 0.25) is 11.8 Å². The molecule has 0 radical (unpaired) electrons. The Kier molecular flexibility index (Phi) is 10.1. The van der Waals surface area contributed by atoms with E-state index in [1.807, 2.05) is 71.8 Å². The van der Waals surface area contributed by atoms with Crippen molar-refractivity contribution in [1.82, 2.24) is 24.6 Å². The van der Waals surface area contributed by atoms with Gasteiger partial charge in [-0.25, -0.2) is 4.98 Å². The van der Waals surface area contributed by atoms with Crippen LogP contribution in [0.3, 0.4) is 0 Å². The van der Waals surface area contributed by atoms with Crippen LogP contribution in [0, 0.1) is 0 Å². The largest absolute Gasteiger partial charge is 0.343 e. The molecule has 8 nitrogen and oxygen atoms in total. The zero-order chi connectivity index (χ0) is 31.3. The van der Waals surface area contributed by atoms with Gasteiger partial charge in [0.05, 0.1) is 21.7 Å². The minimum absolute atomic E-state index is 0.0530. The SMILES string of the molecule is CCN(CC)C(=O)CSc1nc2ccc(NC(=O)CSc3nnc(-c4ccc(C(C)(C)C)cc4)n3-c3ccccc3)cc2s1. The van der Waals surface area contributed by atoms with Crippen LogP contribution in [0.4, 0.5) is 5.69 Å². The van der Waals surface area contributed by atoms with Gasteiger partial charge in [-0.3, -0.25) is 14.2 Å². The highest BCUT2D eigenvalue weighted by atomic mass is 32.2. The highest BCUT2D eigenvalue weighted by molar-refractivity contribution is 8.01. The van der Waals surface area contributed by atoms with Crippen molar-refractivity contribution in [3.05, 3.63) is 78.4 Å². The van der Waals surface area contributed by atoms with Crippen molar-refractivity contribution in [2.75, 3.05) is 29.9 Å². The zero-order valence-corrected chi connectivity index (χ0v) is 28.0. The number of fused-ring (bicyclic) bond motifs is 1. The molecule has 0 saturated heterocycles. The number of thioether (sulfide) groups is 2. The van der Waals surface area contributed by atoms with Gasteiger partial charge in [-0.1, -0.05) is 86.8 Å². The second kappa shape index (κ2) is 14.0. The van der Waals surface area contributed by atoms with E-state index in [0.29, 0.717) is 29.7 Å². The highest BCUT2D eigenvalue weighted by Gasteiger charge is 2.19. The van der Waals surface area contributed by atoms with E-state index < -0.39 is 0 Å². The minimum atomic E-state index is -0.142. The molecule has 0 aliphatic carbocycles. The number of anilines is 1. The summed E-state index contributed by atoms with van der Waals surface area (Å²) < 4.78 is 3.79. The third-order valence-electron chi connectivity index (χ3n) is 7.08. The van der Waals surface area contributed by atoms with Crippen molar-refractivity contribution in [3.63, 3.8) is 0 Å². The van der Waals surface area contributed by atoms with Crippen LogP contribution in [0.1, 0.15) is 40.2 Å². The van der Waals surface area contributed by atoms with Crippen LogP contribution in [0.5, 0.6) is 0 Å². The number of thiazole rings is 1. The number of carbonyl (C=O) groups excluding carboxylic acids is 2. The Morgan fingerprint density at radius 2 is 1.64 bits per heavy atom. The first-order valence-corrected chi connectivity index (χ1v) is 17.3. The lowest BCUT2D eigenvalue weighted by Crippen LogP contribution is -2.31. The normalized spacial score (nSPS) is 11.6. The quantitative estimate of drug-likeness (QED) is 0.149. The molecular formula is C33H36N6O2S3. The average molecular weight is 645 g/mol. The standard InChI is InChI=1S/C33H36N6O2S3/c1-6-38(7-2)29(41)21-43-32-35-26-18-17-24(19-27(26)44-32)34-28(40)20-42-31-37-36-30(39(31)25-11-9-8-10-12-25)22-13-15-23(16-14-22)33(3,4)5/h8-19H,6-7,20-21H2,1-5H3,(H,34,40). The molecule has 5 aromatic rings. The van der Waals surface area contributed by atoms with Gasteiger partial charge < -0.3 is 10.2 Å². The average Bonchev–Trinajstić information content (AvgIpc) is 3.63. The van der Waals surface area contributed by atoms with E-state index in [0.717, 1.165) is 31.6 Å². The molecule has 0 bridgehead atoms. The monoisotopic (exact) mass is 644 g/mol. The van der Waals surface area contributed by atoms with Crippen molar-refractivity contribution in [2.45, 2.75) is 49.5 Å². The fraction of sp³-hybridized carbons (Fsp3) is 0.303. The fourth-order valence-corrected chi connectivity index (χ4v) is 7.40. The summed E-state index contributed by atoms with van der Waals surface area (Å²) in [5, 5.41) is 12.6. The molecule has 0 aliphatic heterocycles.